The lowest BCUT2D eigenvalue weighted by Crippen LogP contribution is -2.29. The lowest BCUT2D eigenvalue weighted by Gasteiger charge is -2.27. The molecule has 0 aromatic rings. The summed E-state index contributed by atoms with van der Waals surface area (Å²) in [4.78, 5) is 20.9. The van der Waals surface area contributed by atoms with Crippen molar-refractivity contribution in [2.24, 2.45) is 11.3 Å². The zero-order chi connectivity index (χ0) is 15.3. The molecule has 2 unspecified atom stereocenters. The van der Waals surface area contributed by atoms with E-state index in [2.05, 4.69) is 20.8 Å². The van der Waals surface area contributed by atoms with Gasteiger partial charge < -0.3 is 9.84 Å². The number of carboxylic acid groups (broad SMARTS) is 1. The highest BCUT2D eigenvalue weighted by Gasteiger charge is 2.24. The first-order valence-corrected chi connectivity index (χ1v) is 6.63. The second-order valence-corrected chi connectivity index (χ2v) is 7.21. The predicted molar refractivity (Wildman–Crippen MR) is 72.7 cm³/mol. The van der Waals surface area contributed by atoms with Crippen molar-refractivity contribution in [1.82, 2.24) is 0 Å². The van der Waals surface area contributed by atoms with Crippen molar-refractivity contribution in [3.8, 4) is 0 Å². The van der Waals surface area contributed by atoms with Crippen molar-refractivity contribution >= 4 is 6.16 Å². The first-order valence-electron chi connectivity index (χ1n) is 6.63. The Labute approximate surface area is 116 Å². The Morgan fingerprint density at radius 2 is 1.68 bits per heavy atom. The summed E-state index contributed by atoms with van der Waals surface area (Å²) in [5.74, 6) is 0.271. The van der Waals surface area contributed by atoms with Crippen molar-refractivity contribution in [1.29, 1.82) is 0 Å². The second kappa shape index (κ2) is 7.10. The van der Waals surface area contributed by atoms with E-state index in [4.69, 9.17) is 19.6 Å². The zero-order valence-electron chi connectivity index (χ0n) is 13.1. The van der Waals surface area contributed by atoms with E-state index in [1.165, 1.54) is 0 Å². The third-order valence-corrected chi connectivity index (χ3v) is 2.19. The average molecular weight is 276 g/mol. The highest BCUT2D eigenvalue weighted by molar-refractivity contribution is 5.56. The van der Waals surface area contributed by atoms with Gasteiger partial charge in [-0.1, -0.05) is 27.7 Å². The van der Waals surface area contributed by atoms with Gasteiger partial charge in [-0.2, -0.15) is 4.89 Å². The van der Waals surface area contributed by atoms with Crippen LogP contribution in [-0.4, -0.2) is 23.2 Å². The molecule has 0 saturated heterocycles. The van der Waals surface area contributed by atoms with Crippen LogP contribution in [0.5, 0.6) is 0 Å². The van der Waals surface area contributed by atoms with Gasteiger partial charge in [0, 0.05) is 6.42 Å². The molecule has 0 fully saturated rings. The summed E-state index contributed by atoms with van der Waals surface area (Å²) in [5, 5.41) is 8.70. The monoisotopic (exact) mass is 276 g/mol. The fourth-order valence-electron chi connectivity index (χ4n) is 1.87. The molecule has 0 aliphatic carbocycles. The maximum atomic E-state index is 10.6. The highest BCUT2D eigenvalue weighted by atomic mass is 17.2. The molecule has 0 radical (unpaired) electrons. The summed E-state index contributed by atoms with van der Waals surface area (Å²) in [6.45, 7) is 13.9. The van der Waals surface area contributed by atoms with E-state index in [1.54, 1.807) is 0 Å². The molecule has 0 aliphatic rings. The Hall–Kier alpha value is -0.810. The summed E-state index contributed by atoms with van der Waals surface area (Å²) >= 11 is 0. The smallest absolute Gasteiger partial charge is 0.450 e. The van der Waals surface area contributed by atoms with Gasteiger partial charge in [0.05, 0.1) is 5.60 Å². The van der Waals surface area contributed by atoms with Crippen LogP contribution in [0.1, 0.15) is 61.3 Å². The summed E-state index contributed by atoms with van der Waals surface area (Å²) in [6.07, 6.45) is -0.829. The summed E-state index contributed by atoms with van der Waals surface area (Å²) in [6, 6.07) is 0. The normalized spacial score (nSPS) is 15.9. The van der Waals surface area contributed by atoms with E-state index in [1.807, 2.05) is 27.7 Å². The lowest BCUT2D eigenvalue weighted by atomic mass is 9.84. The predicted octanol–water partition coefficient (Wildman–Crippen LogP) is 4.22. The standard InChI is InChI=1S/C14H28O5/c1-10(9-13(2,3)4)8-11(17-12(15)16)18-19-14(5,6)7/h10-11H,8-9H2,1-7H3,(H,15,16). The molecule has 0 aliphatic heterocycles. The molecular weight excluding hydrogens is 248 g/mol. The third-order valence-electron chi connectivity index (χ3n) is 2.19. The van der Waals surface area contributed by atoms with Crippen LogP contribution in [0.15, 0.2) is 0 Å². The van der Waals surface area contributed by atoms with Crippen LogP contribution < -0.4 is 0 Å². The Morgan fingerprint density at radius 3 is 2.05 bits per heavy atom. The van der Waals surface area contributed by atoms with E-state index >= 15 is 0 Å². The van der Waals surface area contributed by atoms with Gasteiger partial charge in [0.2, 0.25) is 6.29 Å². The number of ether oxygens (including phenoxy) is 1. The third kappa shape index (κ3) is 12.0. The molecule has 0 saturated carbocycles. The lowest BCUT2D eigenvalue weighted by molar-refractivity contribution is -0.410. The van der Waals surface area contributed by atoms with Crippen molar-refractivity contribution in [2.45, 2.75) is 73.2 Å². The topological polar surface area (TPSA) is 65.0 Å². The number of hydrogen-bond donors (Lipinski definition) is 1. The van der Waals surface area contributed by atoms with Crippen LogP contribution in [0.25, 0.3) is 0 Å². The largest absolute Gasteiger partial charge is 0.508 e. The Kier molecular flexibility index (Phi) is 6.80. The summed E-state index contributed by atoms with van der Waals surface area (Å²) in [5.41, 5.74) is -0.328. The SMILES string of the molecule is CC(CC(OOC(C)(C)C)OC(=O)O)CC(C)(C)C. The van der Waals surface area contributed by atoms with E-state index < -0.39 is 18.0 Å². The van der Waals surface area contributed by atoms with Gasteiger partial charge in [-0.3, -0.25) is 0 Å². The molecule has 0 rings (SSSR count). The van der Waals surface area contributed by atoms with E-state index in [9.17, 15) is 4.79 Å². The van der Waals surface area contributed by atoms with Crippen molar-refractivity contribution in [3.63, 3.8) is 0 Å². The molecule has 0 spiro atoms. The Balaban J connectivity index is 4.38. The van der Waals surface area contributed by atoms with Gasteiger partial charge in [-0.15, -0.1) is 0 Å². The molecular formula is C14H28O5. The Morgan fingerprint density at radius 1 is 1.16 bits per heavy atom. The fraction of sp³-hybridized carbons (Fsp3) is 0.929. The number of hydrogen-bond acceptors (Lipinski definition) is 4. The van der Waals surface area contributed by atoms with Crippen LogP contribution in [0.3, 0.4) is 0 Å². The second-order valence-electron chi connectivity index (χ2n) is 7.21. The molecule has 2 atom stereocenters. The average Bonchev–Trinajstić information content (AvgIpc) is 2.08. The molecule has 114 valence electrons. The van der Waals surface area contributed by atoms with Gasteiger partial charge in [0.25, 0.3) is 0 Å². The quantitative estimate of drug-likeness (QED) is 0.340. The van der Waals surface area contributed by atoms with Crippen LogP contribution in [0.2, 0.25) is 0 Å². The molecule has 0 amide bonds. The van der Waals surface area contributed by atoms with Crippen LogP contribution in [-0.2, 0) is 14.5 Å². The summed E-state index contributed by atoms with van der Waals surface area (Å²) in [7, 11) is 0. The minimum Gasteiger partial charge on any atom is -0.450 e. The minimum atomic E-state index is -1.36. The van der Waals surface area contributed by atoms with Gasteiger partial charge in [-0.05, 0) is 38.5 Å². The number of carbonyl (C=O) groups is 1. The zero-order valence-corrected chi connectivity index (χ0v) is 13.1. The van der Waals surface area contributed by atoms with Crippen molar-refractivity contribution in [2.75, 3.05) is 0 Å². The van der Waals surface area contributed by atoms with E-state index in [0.717, 1.165) is 6.42 Å². The molecule has 1 N–H and O–H groups in total. The molecule has 5 nitrogen and oxygen atoms in total. The number of rotatable bonds is 6. The molecule has 0 aromatic heterocycles. The molecule has 19 heavy (non-hydrogen) atoms. The van der Waals surface area contributed by atoms with Crippen LogP contribution in [0.4, 0.5) is 4.79 Å². The van der Waals surface area contributed by atoms with Crippen LogP contribution in [0, 0.1) is 11.3 Å². The fourth-order valence-corrected chi connectivity index (χ4v) is 1.87. The van der Waals surface area contributed by atoms with Gasteiger partial charge in [0.1, 0.15) is 0 Å². The molecule has 0 bridgehead atoms. The first-order chi connectivity index (χ1) is 8.39. The first kappa shape index (κ1) is 18.2. The van der Waals surface area contributed by atoms with Crippen molar-refractivity contribution < 1.29 is 24.4 Å². The van der Waals surface area contributed by atoms with Gasteiger partial charge in [-0.25, -0.2) is 9.68 Å². The maximum Gasteiger partial charge on any atom is 0.508 e. The maximum absolute atomic E-state index is 10.6. The van der Waals surface area contributed by atoms with Crippen LogP contribution >= 0.6 is 0 Å². The Bertz CT molecular complexity index is 275. The molecule has 0 aromatic carbocycles. The van der Waals surface area contributed by atoms with Gasteiger partial charge in [0.15, 0.2) is 0 Å². The van der Waals surface area contributed by atoms with Crippen molar-refractivity contribution in [3.05, 3.63) is 0 Å². The molecule has 0 heterocycles. The van der Waals surface area contributed by atoms with E-state index in [-0.39, 0.29) is 11.3 Å². The molecule has 5 heteroatoms. The minimum absolute atomic E-state index is 0.179. The van der Waals surface area contributed by atoms with E-state index in [0.29, 0.717) is 6.42 Å². The summed E-state index contributed by atoms with van der Waals surface area (Å²) < 4.78 is 4.70. The van der Waals surface area contributed by atoms with Gasteiger partial charge >= 0.3 is 6.16 Å². The highest BCUT2D eigenvalue weighted by Crippen LogP contribution is 2.28.